The summed E-state index contributed by atoms with van der Waals surface area (Å²) in [5.41, 5.74) is -0.643. The molecule has 3 heterocycles. The molecule has 3 fully saturated rings. The average Bonchev–Trinajstić information content (AvgIpc) is 2.48. The molecular formula is C17H30O3S. The lowest BCUT2D eigenvalue weighted by atomic mass is 9.67. The fraction of sp³-hybridized carbons (Fsp3) is 1.00. The Balaban J connectivity index is 1.72. The van der Waals surface area contributed by atoms with E-state index in [1.165, 1.54) is 11.5 Å². The predicted molar refractivity (Wildman–Crippen MR) is 86.8 cm³/mol. The van der Waals surface area contributed by atoms with Crippen LogP contribution in [0.15, 0.2) is 0 Å². The molecule has 0 aromatic heterocycles. The van der Waals surface area contributed by atoms with Crippen molar-refractivity contribution in [3.05, 3.63) is 0 Å². The number of rotatable bonds is 2. The van der Waals surface area contributed by atoms with Gasteiger partial charge in [-0.25, -0.2) is 0 Å². The molecule has 1 spiro atoms. The Morgan fingerprint density at radius 3 is 2.62 bits per heavy atom. The number of aliphatic hydroxyl groups is 1. The zero-order chi connectivity index (χ0) is 15.0. The van der Waals surface area contributed by atoms with Gasteiger partial charge in [0.15, 0.2) is 0 Å². The topological polar surface area (TPSA) is 38.7 Å². The maximum atomic E-state index is 11.3. The third-order valence-electron chi connectivity index (χ3n) is 6.07. The molecular weight excluding hydrogens is 284 g/mol. The largest absolute Gasteiger partial charge is 0.389 e. The first-order valence-corrected chi connectivity index (χ1v) is 9.73. The summed E-state index contributed by atoms with van der Waals surface area (Å²) >= 11 is 2.04. The van der Waals surface area contributed by atoms with Crippen LogP contribution in [0.2, 0.25) is 0 Å². The molecule has 3 aliphatic heterocycles. The molecule has 3 rings (SSSR count). The van der Waals surface area contributed by atoms with Crippen LogP contribution in [0.3, 0.4) is 0 Å². The highest BCUT2D eigenvalue weighted by Gasteiger charge is 2.50. The van der Waals surface area contributed by atoms with Gasteiger partial charge in [-0.3, -0.25) is 0 Å². The highest BCUT2D eigenvalue weighted by Crippen LogP contribution is 2.48. The molecule has 1 N–H and O–H groups in total. The van der Waals surface area contributed by atoms with Crippen LogP contribution in [-0.2, 0) is 9.47 Å². The van der Waals surface area contributed by atoms with Crippen LogP contribution in [0.25, 0.3) is 0 Å². The summed E-state index contributed by atoms with van der Waals surface area (Å²) in [6, 6.07) is 0. The number of ether oxygens (including phenoxy) is 2. The lowest BCUT2D eigenvalue weighted by molar-refractivity contribution is -0.204. The van der Waals surface area contributed by atoms with Gasteiger partial charge in [0.25, 0.3) is 0 Å². The van der Waals surface area contributed by atoms with Crippen LogP contribution in [-0.4, -0.2) is 46.6 Å². The van der Waals surface area contributed by atoms with E-state index in [-0.39, 0.29) is 11.2 Å². The van der Waals surface area contributed by atoms with E-state index in [4.69, 9.17) is 9.47 Å². The second kappa shape index (κ2) is 6.03. The van der Waals surface area contributed by atoms with Crippen molar-refractivity contribution in [2.75, 3.05) is 24.7 Å². The van der Waals surface area contributed by atoms with E-state index in [2.05, 4.69) is 13.8 Å². The molecule has 4 heteroatoms. The van der Waals surface area contributed by atoms with E-state index in [0.29, 0.717) is 12.5 Å². The molecule has 3 aliphatic rings. The molecule has 0 aliphatic carbocycles. The smallest absolute Gasteiger partial charge is 0.0727 e. The van der Waals surface area contributed by atoms with Gasteiger partial charge >= 0.3 is 0 Å². The first-order chi connectivity index (χ1) is 9.99. The minimum atomic E-state index is -0.551. The quantitative estimate of drug-likeness (QED) is 0.848. The lowest BCUT2D eigenvalue weighted by Crippen LogP contribution is -2.55. The molecule has 122 valence electrons. The Morgan fingerprint density at radius 1 is 1.14 bits per heavy atom. The standard InChI is InChI=1S/C17H30O3S/c1-3-15(2)13-17(18,5-9-19-15)14-4-8-20-16(12-14)6-10-21-11-7-16/h14,18H,3-13H2,1-2H3. The van der Waals surface area contributed by atoms with Gasteiger partial charge < -0.3 is 14.6 Å². The monoisotopic (exact) mass is 314 g/mol. The Morgan fingerprint density at radius 2 is 1.90 bits per heavy atom. The molecule has 0 amide bonds. The van der Waals surface area contributed by atoms with Gasteiger partial charge in [-0.05, 0) is 62.9 Å². The summed E-state index contributed by atoms with van der Waals surface area (Å²) in [5.74, 6) is 2.80. The minimum absolute atomic E-state index is 0.0603. The number of hydrogen-bond acceptors (Lipinski definition) is 4. The van der Waals surface area contributed by atoms with Gasteiger partial charge in [-0.15, -0.1) is 0 Å². The first kappa shape index (κ1) is 16.1. The van der Waals surface area contributed by atoms with E-state index in [1.807, 2.05) is 11.8 Å². The average molecular weight is 314 g/mol. The highest BCUT2D eigenvalue weighted by molar-refractivity contribution is 7.99. The van der Waals surface area contributed by atoms with Gasteiger partial charge in [0.1, 0.15) is 0 Å². The molecule has 0 aromatic carbocycles. The summed E-state index contributed by atoms with van der Waals surface area (Å²) in [5, 5.41) is 11.3. The van der Waals surface area contributed by atoms with Crippen molar-refractivity contribution in [1.29, 1.82) is 0 Å². The van der Waals surface area contributed by atoms with Crippen LogP contribution >= 0.6 is 11.8 Å². The fourth-order valence-electron chi connectivity index (χ4n) is 4.41. The Kier molecular flexibility index (Phi) is 4.62. The molecule has 3 atom stereocenters. The molecule has 0 radical (unpaired) electrons. The van der Waals surface area contributed by atoms with E-state index >= 15 is 0 Å². The third kappa shape index (κ3) is 3.29. The van der Waals surface area contributed by atoms with Gasteiger partial charge in [-0.1, -0.05) is 6.92 Å². The molecule has 0 saturated carbocycles. The van der Waals surface area contributed by atoms with E-state index in [1.54, 1.807) is 0 Å². The van der Waals surface area contributed by atoms with Crippen LogP contribution in [0.1, 0.15) is 58.8 Å². The molecule has 21 heavy (non-hydrogen) atoms. The zero-order valence-corrected chi connectivity index (χ0v) is 14.3. The van der Waals surface area contributed by atoms with Crippen LogP contribution in [0.5, 0.6) is 0 Å². The minimum Gasteiger partial charge on any atom is -0.389 e. The molecule has 0 bridgehead atoms. The summed E-state index contributed by atoms with van der Waals surface area (Å²) in [6.45, 7) is 5.83. The van der Waals surface area contributed by atoms with Crippen molar-refractivity contribution in [3.63, 3.8) is 0 Å². The van der Waals surface area contributed by atoms with Crippen molar-refractivity contribution in [2.24, 2.45) is 5.92 Å². The second-order valence-corrected chi connectivity index (χ2v) is 8.74. The summed E-state index contributed by atoms with van der Waals surface area (Å²) < 4.78 is 12.1. The van der Waals surface area contributed by atoms with E-state index in [0.717, 1.165) is 51.6 Å². The first-order valence-electron chi connectivity index (χ1n) is 8.57. The Hall–Kier alpha value is 0.230. The van der Waals surface area contributed by atoms with Gasteiger partial charge in [0, 0.05) is 13.0 Å². The van der Waals surface area contributed by atoms with Gasteiger partial charge in [0.05, 0.1) is 23.4 Å². The molecule has 3 saturated heterocycles. The van der Waals surface area contributed by atoms with Crippen LogP contribution < -0.4 is 0 Å². The van der Waals surface area contributed by atoms with Gasteiger partial charge in [0.2, 0.25) is 0 Å². The molecule has 0 aromatic rings. The maximum absolute atomic E-state index is 11.3. The summed E-state index contributed by atoms with van der Waals surface area (Å²) in [4.78, 5) is 0. The maximum Gasteiger partial charge on any atom is 0.0727 e. The van der Waals surface area contributed by atoms with Crippen molar-refractivity contribution >= 4 is 11.8 Å². The van der Waals surface area contributed by atoms with E-state index < -0.39 is 5.60 Å². The zero-order valence-electron chi connectivity index (χ0n) is 13.5. The Bertz CT molecular complexity index is 364. The van der Waals surface area contributed by atoms with E-state index in [9.17, 15) is 5.11 Å². The SMILES string of the molecule is CCC1(C)CC(O)(C2CCOC3(CCSCC3)C2)CCO1. The summed E-state index contributed by atoms with van der Waals surface area (Å²) in [6.07, 6.45) is 6.91. The second-order valence-electron chi connectivity index (χ2n) is 7.52. The van der Waals surface area contributed by atoms with Crippen molar-refractivity contribution in [2.45, 2.75) is 75.6 Å². The number of thioether (sulfide) groups is 1. The van der Waals surface area contributed by atoms with Crippen LogP contribution in [0, 0.1) is 5.92 Å². The van der Waals surface area contributed by atoms with Crippen LogP contribution in [0.4, 0.5) is 0 Å². The number of hydrogen-bond donors (Lipinski definition) is 1. The van der Waals surface area contributed by atoms with Crippen molar-refractivity contribution < 1.29 is 14.6 Å². The van der Waals surface area contributed by atoms with Crippen molar-refractivity contribution in [3.8, 4) is 0 Å². The molecule has 3 nitrogen and oxygen atoms in total. The lowest BCUT2D eigenvalue weighted by Gasteiger charge is -2.52. The predicted octanol–water partition coefficient (Wildman–Crippen LogP) is 3.39. The normalized spacial score (nSPS) is 43.9. The fourth-order valence-corrected chi connectivity index (χ4v) is 5.65. The Labute approximate surface area is 133 Å². The third-order valence-corrected chi connectivity index (χ3v) is 7.06. The van der Waals surface area contributed by atoms with Crippen molar-refractivity contribution in [1.82, 2.24) is 0 Å². The summed E-state index contributed by atoms with van der Waals surface area (Å²) in [7, 11) is 0. The molecule has 3 unspecified atom stereocenters. The van der Waals surface area contributed by atoms with Gasteiger partial charge in [-0.2, -0.15) is 11.8 Å². The highest BCUT2D eigenvalue weighted by atomic mass is 32.2.